The molecular formula is C20H40O6. The average molecular weight is 377 g/mol. The van der Waals surface area contributed by atoms with Gasteiger partial charge in [-0.25, -0.2) is 0 Å². The minimum atomic E-state index is -0.143. The van der Waals surface area contributed by atoms with Crippen molar-refractivity contribution >= 4 is 5.97 Å². The van der Waals surface area contributed by atoms with Crippen LogP contribution in [-0.4, -0.2) is 65.4 Å². The lowest BCUT2D eigenvalue weighted by Gasteiger charge is -2.08. The molecule has 0 aliphatic rings. The van der Waals surface area contributed by atoms with Crippen molar-refractivity contribution < 1.29 is 28.5 Å². The maximum absolute atomic E-state index is 11.4. The van der Waals surface area contributed by atoms with Crippen LogP contribution in [0.1, 0.15) is 53.4 Å². The smallest absolute Gasteiger partial charge is 0.305 e. The Morgan fingerprint density at radius 2 is 1.04 bits per heavy atom. The van der Waals surface area contributed by atoms with Crippen molar-refractivity contribution in [1.82, 2.24) is 0 Å². The number of ether oxygens (including phenoxy) is 5. The van der Waals surface area contributed by atoms with Crippen molar-refractivity contribution in [3.8, 4) is 0 Å². The Kier molecular flexibility index (Phi) is 18.6. The first-order valence-corrected chi connectivity index (χ1v) is 9.99. The van der Waals surface area contributed by atoms with E-state index in [-0.39, 0.29) is 5.97 Å². The fraction of sp³-hybridized carbons (Fsp3) is 0.950. The van der Waals surface area contributed by atoms with Crippen molar-refractivity contribution in [1.29, 1.82) is 0 Å². The third-order valence-corrected chi connectivity index (χ3v) is 3.58. The van der Waals surface area contributed by atoms with E-state index in [2.05, 4.69) is 27.7 Å². The number of hydrogen-bond acceptors (Lipinski definition) is 6. The van der Waals surface area contributed by atoms with Gasteiger partial charge in [0, 0.05) is 19.6 Å². The minimum absolute atomic E-state index is 0.143. The maximum atomic E-state index is 11.4. The van der Waals surface area contributed by atoms with E-state index in [4.69, 9.17) is 23.7 Å². The summed E-state index contributed by atoms with van der Waals surface area (Å²) >= 11 is 0. The molecule has 0 saturated heterocycles. The third kappa shape index (κ3) is 21.4. The van der Waals surface area contributed by atoms with Crippen molar-refractivity contribution in [2.75, 3.05) is 59.5 Å². The predicted octanol–water partition coefficient (Wildman–Crippen LogP) is 3.47. The molecule has 0 amide bonds. The molecule has 6 nitrogen and oxygen atoms in total. The first-order chi connectivity index (χ1) is 12.5. The fourth-order valence-corrected chi connectivity index (χ4v) is 1.88. The molecule has 0 fully saturated rings. The molecule has 0 atom stereocenters. The van der Waals surface area contributed by atoms with Gasteiger partial charge in [0.15, 0.2) is 0 Å². The summed E-state index contributed by atoms with van der Waals surface area (Å²) in [6.07, 6.45) is 3.09. The van der Waals surface area contributed by atoms with Gasteiger partial charge < -0.3 is 23.7 Å². The van der Waals surface area contributed by atoms with Crippen molar-refractivity contribution in [2.45, 2.75) is 53.4 Å². The molecular weight excluding hydrogens is 336 g/mol. The monoisotopic (exact) mass is 376 g/mol. The highest BCUT2D eigenvalue weighted by Crippen LogP contribution is 2.01. The normalized spacial score (nSPS) is 11.5. The summed E-state index contributed by atoms with van der Waals surface area (Å²) in [5.74, 6) is 1.09. The van der Waals surface area contributed by atoms with E-state index in [0.29, 0.717) is 77.5 Å². The van der Waals surface area contributed by atoms with Crippen LogP contribution >= 0.6 is 0 Å². The van der Waals surface area contributed by atoms with Gasteiger partial charge in [0.25, 0.3) is 0 Å². The molecule has 6 heteroatoms. The zero-order valence-electron chi connectivity index (χ0n) is 17.3. The van der Waals surface area contributed by atoms with Gasteiger partial charge in [0.2, 0.25) is 0 Å². The summed E-state index contributed by atoms with van der Waals surface area (Å²) in [5, 5.41) is 0. The predicted molar refractivity (Wildman–Crippen MR) is 102 cm³/mol. The molecule has 26 heavy (non-hydrogen) atoms. The van der Waals surface area contributed by atoms with E-state index in [0.717, 1.165) is 19.4 Å². The molecule has 0 aromatic carbocycles. The first kappa shape index (κ1) is 25.3. The SMILES string of the molecule is CC(C)CCOCCOCCOCCOCCCC(=O)OCCC(C)C. The van der Waals surface area contributed by atoms with E-state index >= 15 is 0 Å². The number of carbonyl (C=O) groups excluding carboxylic acids is 1. The van der Waals surface area contributed by atoms with Crippen molar-refractivity contribution in [2.24, 2.45) is 11.8 Å². The Morgan fingerprint density at radius 1 is 0.615 bits per heavy atom. The second-order valence-corrected chi connectivity index (χ2v) is 7.14. The van der Waals surface area contributed by atoms with Crippen LogP contribution in [0.25, 0.3) is 0 Å². The highest BCUT2D eigenvalue weighted by atomic mass is 16.6. The highest BCUT2D eigenvalue weighted by molar-refractivity contribution is 5.69. The van der Waals surface area contributed by atoms with Gasteiger partial charge in [-0.2, -0.15) is 0 Å². The Bertz CT molecular complexity index is 307. The van der Waals surface area contributed by atoms with Crippen LogP contribution in [0, 0.1) is 11.8 Å². The number of esters is 1. The minimum Gasteiger partial charge on any atom is -0.466 e. The van der Waals surface area contributed by atoms with Crippen molar-refractivity contribution in [3.63, 3.8) is 0 Å². The van der Waals surface area contributed by atoms with E-state index in [1.165, 1.54) is 0 Å². The Balaban J connectivity index is 3.12. The highest BCUT2D eigenvalue weighted by Gasteiger charge is 2.03. The molecule has 0 spiro atoms. The first-order valence-electron chi connectivity index (χ1n) is 9.99. The number of rotatable bonds is 19. The maximum Gasteiger partial charge on any atom is 0.305 e. The zero-order valence-corrected chi connectivity index (χ0v) is 17.3. The number of carbonyl (C=O) groups is 1. The largest absolute Gasteiger partial charge is 0.466 e. The van der Waals surface area contributed by atoms with Crippen LogP contribution in [0.3, 0.4) is 0 Å². The van der Waals surface area contributed by atoms with Crippen LogP contribution in [-0.2, 0) is 28.5 Å². The van der Waals surface area contributed by atoms with E-state index in [1.54, 1.807) is 0 Å². The molecule has 0 aliphatic carbocycles. The molecule has 0 N–H and O–H groups in total. The van der Waals surface area contributed by atoms with Gasteiger partial charge in [-0.3, -0.25) is 4.79 Å². The molecule has 0 aromatic heterocycles. The van der Waals surface area contributed by atoms with E-state index < -0.39 is 0 Å². The standard InChI is InChI=1S/C20H40O6/c1-18(2)7-10-23-13-15-25-17-16-24-14-12-22-9-5-6-20(21)26-11-8-19(3)4/h18-19H,5-17H2,1-4H3. The lowest BCUT2D eigenvalue weighted by Crippen LogP contribution is -2.13. The summed E-state index contributed by atoms with van der Waals surface area (Å²) in [7, 11) is 0. The fourth-order valence-electron chi connectivity index (χ4n) is 1.88. The van der Waals surface area contributed by atoms with Gasteiger partial charge in [-0.05, 0) is 31.1 Å². The molecule has 0 saturated carbocycles. The Labute approximate surface area is 159 Å². The molecule has 0 aromatic rings. The van der Waals surface area contributed by atoms with Crippen LogP contribution in [0.15, 0.2) is 0 Å². The lowest BCUT2D eigenvalue weighted by molar-refractivity contribution is -0.144. The molecule has 0 rings (SSSR count). The average Bonchev–Trinajstić information content (AvgIpc) is 2.57. The summed E-state index contributed by atoms with van der Waals surface area (Å²) in [4.78, 5) is 11.4. The van der Waals surface area contributed by atoms with Crippen LogP contribution < -0.4 is 0 Å². The molecule has 156 valence electrons. The zero-order chi connectivity index (χ0) is 19.5. The van der Waals surface area contributed by atoms with Crippen LogP contribution in [0.2, 0.25) is 0 Å². The molecule has 0 unspecified atom stereocenters. The summed E-state index contributed by atoms with van der Waals surface area (Å²) in [5.41, 5.74) is 0. The second kappa shape index (κ2) is 19.1. The molecule has 0 radical (unpaired) electrons. The summed E-state index contributed by atoms with van der Waals surface area (Å²) in [6.45, 7) is 13.9. The van der Waals surface area contributed by atoms with Gasteiger partial charge in [-0.15, -0.1) is 0 Å². The second-order valence-electron chi connectivity index (χ2n) is 7.14. The number of hydrogen-bond donors (Lipinski definition) is 0. The van der Waals surface area contributed by atoms with Gasteiger partial charge in [-0.1, -0.05) is 27.7 Å². The third-order valence-electron chi connectivity index (χ3n) is 3.58. The van der Waals surface area contributed by atoms with Gasteiger partial charge in [0.05, 0.1) is 46.2 Å². The Morgan fingerprint density at radius 3 is 1.54 bits per heavy atom. The molecule has 0 aliphatic heterocycles. The molecule has 0 bridgehead atoms. The van der Waals surface area contributed by atoms with E-state index in [9.17, 15) is 4.79 Å². The quantitative estimate of drug-likeness (QED) is 0.254. The molecule has 0 heterocycles. The Hall–Kier alpha value is -0.690. The van der Waals surface area contributed by atoms with Crippen LogP contribution in [0.5, 0.6) is 0 Å². The van der Waals surface area contributed by atoms with Crippen LogP contribution in [0.4, 0.5) is 0 Å². The summed E-state index contributed by atoms with van der Waals surface area (Å²) < 4.78 is 26.8. The van der Waals surface area contributed by atoms with Gasteiger partial charge in [0.1, 0.15) is 0 Å². The lowest BCUT2D eigenvalue weighted by atomic mass is 10.1. The van der Waals surface area contributed by atoms with Gasteiger partial charge >= 0.3 is 5.97 Å². The topological polar surface area (TPSA) is 63.2 Å². The summed E-state index contributed by atoms with van der Waals surface area (Å²) in [6, 6.07) is 0. The van der Waals surface area contributed by atoms with Crippen molar-refractivity contribution in [3.05, 3.63) is 0 Å². The van der Waals surface area contributed by atoms with E-state index in [1.807, 2.05) is 0 Å².